The van der Waals surface area contributed by atoms with Crippen molar-refractivity contribution >= 4 is 11.1 Å². The molecular formula is C17H19N. The summed E-state index contributed by atoms with van der Waals surface area (Å²) in [4.78, 5) is 4.49. The van der Waals surface area contributed by atoms with E-state index in [1.807, 2.05) is 12.3 Å². The van der Waals surface area contributed by atoms with Gasteiger partial charge in [0.1, 0.15) is 0 Å². The van der Waals surface area contributed by atoms with E-state index >= 15 is 0 Å². The smallest absolute Gasteiger partial charge is 0.0664 e. The summed E-state index contributed by atoms with van der Waals surface area (Å²) in [5.74, 6) is 0. The molecule has 0 unspecified atom stereocenters. The first-order chi connectivity index (χ1) is 8.86. The summed E-state index contributed by atoms with van der Waals surface area (Å²) in [6.45, 7) is 4.41. The number of allylic oxidation sites excluding steroid dienone is 2. The number of hydrogen-bond donors (Lipinski definition) is 0. The van der Waals surface area contributed by atoms with Crippen LogP contribution in [0.15, 0.2) is 54.7 Å². The van der Waals surface area contributed by atoms with Crippen molar-refractivity contribution in [2.75, 3.05) is 0 Å². The monoisotopic (exact) mass is 237 g/mol. The van der Waals surface area contributed by atoms with Crippen LogP contribution in [0.3, 0.4) is 0 Å². The van der Waals surface area contributed by atoms with Crippen LogP contribution in [0.4, 0.5) is 0 Å². The first kappa shape index (κ1) is 12.6. The summed E-state index contributed by atoms with van der Waals surface area (Å²) in [6, 6.07) is 16.7. The fourth-order valence-corrected chi connectivity index (χ4v) is 2.32. The van der Waals surface area contributed by atoms with Crippen LogP contribution in [0.5, 0.6) is 0 Å². The highest BCUT2D eigenvalue weighted by molar-refractivity contribution is 5.89. The van der Waals surface area contributed by atoms with Crippen molar-refractivity contribution in [3.63, 3.8) is 0 Å². The largest absolute Gasteiger partial charge is 0.257 e. The van der Waals surface area contributed by atoms with Gasteiger partial charge in [-0.1, -0.05) is 50.2 Å². The SMILES string of the molecule is CC/C(=C(/CC)c1ccccn1)c1ccccc1. The van der Waals surface area contributed by atoms with Crippen LogP contribution in [-0.2, 0) is 0 Å². The van der Waals surface area contributed by atoms with Gasteiger partial charge >= 0.3 is 0 Å². The molecule has 0 atom stereocenters. The molecule has 92 valence electrons. The first-order valence-electron chi connectivity index (χ1n) is 6.55. The Balaban J connectivity index is 2.53. The zero-order valence-corrected chi connectivity index (χ0v) is 11.1. The second-order valence-corrected chi connectivity index (χ2v) is 4.25. The molecule has 1 aromatic carbocycles. The van der Waals surface area contributed by atoms with E-state index in [0.29, 0.717) is 0 Å². The number of rotatable bonds is 4. The highest BCUT2D eigenvalue weighted by Gasteiger charge is 2.08. The molecule has 0 aliphatic carbocycles. The van der Waals surface area contributed by atoms with Crippen LogP contribution in [0, 0.1) is 0 Å². The van der Waals surface area contributed by atoms with Gasteiger partial charge in [-0.3, -0.25) is 4.98 Å². The van der Waals surface area contributed by atoms with Crippen LogP contribution in [-0.4, -0.2) is 4.98 Å². The summed E-state index contributed by atoms with van der Waals surface area (Å²) < 4.78 is 0. The maximum Gasteiger partial charge on any atom is 0.0664 e. The minimum absolute atomic E-state index is 1.01. The number of nitrogens with zero attached hydrogens (tertiary/aromatic N) is 1. The normalized spacial score (nSPS) is 12.1. The van der Waals surface area contributed by atoms with Gasteiger partial charge < -0.3 is 0 Å². The lowest BCUT2D eigenvalue weighted by Crippen LogP contribution is -1.93. The highest BCUT2D eigenvalue weighted by Crippen LogP contribution is 2.29. The third kappa shape index (κ3) is 2.67. The molecule has 0 aliphatic heterocycles. The molecule has 0 spiro atoms. The molecule has 0 radical (unpaired) electrons. The number of aromatic nitrogens is 1. The number of benzene rings is 1. The molecule has 0 fully saturated rings. The Labute approximate surface area is 109 Å². The van der Waals surface area contributed by atoms with Gasteiger partial charge in [-0.15, -0.1) is 0 Å². The summed E-state index contributed by atoms with van der Waals surface area (Å²) >= 11 is 0. The highest BCUT2D eigenvalue weighted by atomic mass is 14.7. The van der Waals surface area contributed by atoms with E-state index in [0.717, 1.165) is 18.5 Å². The van der Waals surface area contributed by atoms with Crippen molar-refractivity contribution in [3.05, 3.63) is 66.0 Å². The molecule has 0 saturated carbocycles. The maximum atomic E-state index is 4.49. The van der Waals surface area contributed by atoms with Gasteiger partial charge in [-0.25, -0.2) is 0 Å². The van der Waals surface area contributed by atoms with Crippen LogP contribution < -0.4 is 0 Å². The fourth-order valence-electron chi connectivity index (χ4n) is 2.32. The Kier molecular flexibility index (Phi) is 4.30. The molecule has 0 N–H and O–H groups in total. The van der Waals surface area contributed by atoms with E-state index in [-0.39, 0.29) is 0 Å². The molecular weight excluding hydrogens is 218 g/mol. The number of pyridine rings is 1. The Morgan fingerprint density at radius 1 is 0.833 bits per heavy atom. The Morgan fingerprint density at radius 2 is 1.50 bits per heavy atom. The Morgan fingerprint density at radius 3 is 2.06 bits per heavy atom. The van der Waals surface area contributed by atoms with E-state index < -0.39 is 0 Å². The maximum absolute atomic E-state index is 4.49. The molecule has 18 heavy (non-hydrogen) atoms. The molecule has 1 heterocycles. The average Bonchev–Trinajstić information content (AvgIpc) is 2.46. The predicted molar refractivity (Wildman–Crippen MR) is 78.1 cm³/mol. The second-order valence-electron chi connectivity index (χ2n) is 4.25. The van der Waals surface area contributed by atoms with Crippen molar-refractivity contribution < 1.29 is 0 Å². The van der Waals surface area contributed by atoms with Crippen molar-refractivity contribution in [3.8, 4) is 0 Å². The van der Waals surface area contributed by atoms with E-state index in [4.69, 9.17) is 0 Å². The van der Waals surface area contributed by atoms with Crippen LogP contribution in [0.1, 0.15) is 37.9 Å². The topological polar surface area (TPSA) is 12.9 Å². The van der Waals surface area contributed by atoms with Crippen LogP contribution in [0.2, 0.25) is 0 Å². The molecule has 0 aliphatic rings. The van der Waals surface area contributed by atoms with Gasteiger partial charge in [0, 0.05) is 6.20 Å². The Bertz CT molecular complexity index is 462. The standard InChI is InChI=1S/C17H19N/c1-3-15(14-10-6-5-7-11-14)16(4-2)17-12-8-9-13-18-17/h5-13H,3-4H2,1-2H3/b16-15+. The minimum atomic E-state index is 1.01. The third-order valence-electron chi connectivity index (χ3n) is 3.17. The molecule has 1 heteroatoms. The van der Waals surface area contributed by atoms with Gasteiger partial charge in [0.25, 0.3) is 0 Å². The van der Waals surface area contributed by atoms with E-state index in [1.165, 1.54) is 16.7 Å². The molecule has 2 rings (SSSR count). The predicted octanol–water partition coefficient (Wildman–Crippen LogP) is 4.81. The van der Waals surface area contributed by atoms with Crippen LogP contribution >= 0.6 is 0 Å². The summed E-state index contributed by atoms with van der Waals surface area (Å²) in [7, 11) is 0. The molecule has 2 aromatic rings. The summed E-state index contributed by atoms with van der Waals surface area (Å²) in [6.07, 6.45) is 3.90. The average molecular weight is 237 g/mol. The van der Waals surface area contributed by atoms with Crippen molar-refractivity contribution in [1.82, 2.24) is 4.98 Å². The first-order valence-corrected chi connectivity index (χ1v) is 6.55. The molecule has 1 nitrogen and oxygen atoms in total. The van der Waals surface area contributed by atoms with Gasteiger partial charge in [0.15, 0.2) is 0 Å². The minimum Gasteiger partial charge on any atom is -0.257 e. The van der Waals surface area contributed by atoms with Gasteiger partial charge in [0.05, 0.1) is 5.69 Å². The second kappa shape index (κ2) is 6.15. The molecule has 0 saturated heterocycles. The lowest BCUT2D eigenvalue weighted by atomic mass is 9.94. The van der Waals surface area contributed by atoms with Gasteiger partial charge in [-0.05, 0) is 41.7 Å². The summed E-state index contributed by atoms with van der Waals surface area (Å²) in [5.41, 5.74) is 5.16. The molecule has 0 bridgehead atoms. The summed E-state index contributed by atoms with van der Waals surface area (Å²) in [5, 5.41) is 0. The fraction of sp³-hybridized carbons (Fsp3) is 0.235. The van der Waals surface area contributed by atoms with Gasteiger partial charge in [0.2, 0.25) is 0 Å². The molecule has 0 amide bonds. The van der Waals surface area contributed by atoms with Crippen LogP contribution in [0.25, 0.3) is 11.1 Å². The third-order valence-corrected chi connectivity index (χ3v) is 3.17. The van der Waals surface area contributed by atoms with E-state index in [1.54, 1.807) is 0 Å². The van der Waals surface area contributed by atoms with Crippen molar-refractivity contribution in [2.24, 2.45) is 0 Å². The zero-order chi connectivity index (χ0) is 12.8. The van der Waals surface area contributed by atoms with Crippen molar-refractivity contribution in [1.29, 1.82) is 0 Å². The van der Waals surface area contributed by atoms with E-state index in [9.17, 15) is 0 Å². The number of hydrogen-bond acceptors (Lipinski definition) is 1. The quantitative estimate of drug-likeness (QED) is 0.743. The molecule has 1 aromatic heterocycles. The zero-order valence-electron chi connectivity index (χ0n) is 11.1. The lowest BCUT2D eigenvalue weighted by Gasteiger charge is -2.13. The lowest BCUT2D eigenvalue weighted by molar-refractivity contribution is 1.15. The van der Waals surface area contributed by atoms with Gasteiger partial charge in [-0.2, -0.15) is 0 Å². The van der Waals surface area contributed by atoms with Crippen molar-refractivity contribution in [2.45, 2.75) is 26.7 Å². The Hall–Kier alpha value is -1.89. The van der Waals surface area contributed by atoms with E-state index in [2.05, 4.69) is 61.3 Å².